The zero-order valence-electron chi connectivity index (χ0n) is 11.5. The Kier molecular flexibility index (Phi) is 5.72. The van der Waals surface area contributed by atoms with Gasteiger partial charge in [0.2, 0.25) is 0 Å². The monoisotopic (exact) mass is 239 g/mol. The van der Waals surface area contributed by atoms with Gasteiger partial charge in [-0.05, 0) is 37.9 Å². The maximum absolute atomic E-state index is 5.80. The first-order valence-corrected chi connectivity index (χ1v) is 6.56. The van der Waals surface area contributed by atoms with Gasteiger partial charge in [-0.1, -0.05) is 20.8 Å². The topological polar surface area (TPSA) is 34.4 Å². The van der Waals surface area contributed by atoms with Crippen LogP contribution in [0.3, 0.4) is 0 Å². The standard InChI is InChI=1S/C14H25NO2/c1-5-10-15-13(12-9-8-11-17-12)14(6-2,7-3)16-4/h8-9,11,13,15H,5-7,10H2,1-4H3. The lowest BCUT2D eigenvalue weighted by Gasteiger charge is -2.37. The van der Waals surface area contributed by atoms with Crippen LogP contribution in [-0.2, 0) is 4.74 Å². The lowest BCUT2D eigenvalue weighted by atomic mass is 9.86. The zero-order valence-corrected chi connectivity index (χ0v) is 11.5. The van der Waals surface area contributed by atoms with Gasteiger partial charge >= 0.3 is 0 Å². The zero-order chi connectivity index (χ0) is 12.7. The first kappa shape index (κ1) is 14.3. The maximum Gasteiger partial charge on any atom is 0.123 e. The van der Waals surface area contributed by atoms with Gasteiger partial charge in [0.15, 0.2) is 0 Å². The predicted molar refractivity (Wildman–Crippen MR) is 70.1 cm³/mol. The van der Waals surface area contributed by atoms with Gasteiger partial charge < -0.3 is 14.5 Å². The average molecular weight is 239 g/mol. The lowest BCUT2D eigenvalue weighted by Crippen LogP contribution is -2.45. The van der Waals surface area contributed by atoms with Crippen molar-refractivity contribution in [2.24, 2.45) is 0 Å². The minimum Gasteiger partial charge on any atom is -0.468 e. The average Bonchev–Trinajstić information content (AvgIpc) is 2.89. The molecule has 0 amide bonds. The molecule has 0 fully saturated rings. The van der Waals surface area contributed by atoms with E-state index >= 15 is 0 Å². The van der Waals surface area contributed by atoms with E-state index in [2.05, 4.69) is 26.1 Å². The second-order valence-electron chi connectivity index (χ2n) is 4.38. The van der Waals surface area contributed by atoms with E-state index in [0.717, 1.165) is 31.6 Å². The van der Waals surface area contributed by atoms with Crippen molar-refractivity contribution < 1.29 is 9.15 Å². The molecule has 0 aliphatic heterocycles. The van der Waals surface area contributed by atoms with Gasteiger partial charge in [-0.15, -0.1) is 0 Å². The number of hydrogen-bond acceptors (Lipinski definition) is 3. The summed E-state index contributed by atoms with van der Waals surface area (Å²) in [6, 6.07) is 4.08. The SMILES string of the molecule is CCCNC(c1ccco1)C(CC)(CC)OC. The summed E-state index contributed by atoms with van der Waals surface area (Å²) in [6.45, 7) is 7.46. The van der Waals surface area contributed by atoms with E-state index < -0.39 is 0 Å². The highest BCUT2D eigenvalue weighted by molar-refractivity contribution is 5.11. The van der Waals surface area contributed by atoms with E-state index in [1.807, 2.05) is 12.1 Å². The van der Waals surface area contributed by atoms with E-state index in [4.69, 9.17) is 9.15 Å². The largest absolute Gasteiger partial charge is 0.468 e. The molecule has 0 radical (unpaired) electrons. The highest BCUT2D eigenvalue weighted by Crippen LogP contribution is 2.35. The maximum atomic E-state index is 5.80. The summed E-state index contributed by atoms with van der Waals surface area (Å²) in [6.07, 6.45) is 4.75. The van der Waals surface area contributed by atoms with Gasteiger partial charge in [0.05, 0.1) is 17.9 Å². The molecule has 0 aliphatic carbocycles. The van der Waals surface area contributed by atoms with Crippen LogP contribution in [0.4, 0.5) is 0 Å². The van der Waals surface area contributed by atoms with Crippen LogP contribution in [0.25, 0.3) is 0 Å². The molecule has 0 saturated heterocycles. The van der Waals surface area contributed by atoms with Gasteiger partial charge in [0.1, 0.15) is 5.76 Å². The Morgan fingerprint density at radius 2 is 2.06 bits per heavy atom. The fraction of sp³-hybridized carbons (Fsp3) is 0.714. The molecule has 0 aromatic carbocycles. The highest BCUT2D eigenvalue weighted by atomic mass is 16.5. The molecule has 0 saturated carbocycles. The van der Waals surface area contributed by atoms with Crippen molar-refractivity contribution in [3.8, 4) is 0 Å². The van der Waals surface area contributed by atoms with Crippen LogP contribution in [0.2, 0.25) is 0 Å². The second-order valence-corrected chi connectivity index (χ2v) is 4.38. The van der Waals surface area contributed by atoms with E-state index in [-0.39, 0.29) is 11.6 Å². The van der Waals surface area contributed by atoms with Crippen molar-refractivity contribution in [3.05, 3.63) is 24.2 Å². The molecule has 3 heteroatoms. The van der Waals surface area contributed by atoms with Crippen LogP contribution in [0.1, 0.15) is 51.8 Å². The fourth-order valence-corrected chi connectivity index (χ4v) is 2.35. The summed E-state index contributed by atoms with van der Waals surface area (Å²) in [4.78, 5) is 0. The number of nitrogens with one attached hydrogen (secondary N) is 1. The van der Waals surface area contributed by atoms with Crippen LogP contribution < -0.4 is 5.32 Å². The molecule has 1 N–H and O–H groups in total. The molecule has 1 unspecified atom stereocenters. The van der Waals surface area contributed by atoms with Gasteiger partial charge in [-0.25, -0.2) is 0 Å². The third-order valence-electron chi connectivity index (χ3n) is 3.56. The van der Waals surface area contributed by atoms with E-state index in [9.17, 15) is 0 Å². The van der Waals surface area contributed by atoms with Crippen molar-refractivity contribution in [1.82, 2.24) is 5.32 Å². The molecule has 98 valence electrons. The Hall–Kier alpha value is -0.800. The molecule has 1 aromatic heterocycles. The molecular formula is C14H25NO2. The van der Waals surface area contributed by atoms with E-state index in [1.54, 1.807) is 13.4 Å². The quantitative estimate of drug-likeness (QED) is 0.753. The Bertz CT molecular complexity index is 283. The van der Waals surface area contributed by atoms with E-state index in [1.165, 1.54) is 0 Å². The Balaban J connectivity index is 2.95. The molecular weight excluding hydrogens is 214 g/mol. The number of rotatable bonds is 8. The number of furan rings is 1. The Morgan fingerprint density at radius 1 is 1.35 bits per heavy atom. The summed E-state index contributed by atoms with van der Waals surface area (Å²) >= 11 is 0. The van der Waals surface area contributed by atoms with Crippen LogP contribution in [0.15, 0.2) is 22.8 Å². The first-order valence-electron chi connectivity index (χ1n) is 6.56. The highest BCUT2D eigenvalue weighted by Gasteiger charge is 2.38. The minimum absolute atomic E-state index is 0.123. The lowest BCUT2D eigenvalue weighted by molar-refractivity contribution is -0.0535. The summed E-state index contributed by atoms with van der Waals surface area (Å²) < 4.78 is 11.4. The third kappa shape index (κ3) is 3.11. The Morgan fingerprint density at radius 3 is 2.47 bits per heavy atom. The molecule has 0 aliphatic rings. The number of hydrogen-bond donors (Lipinski definition) is 1. The number of ether oxygens (including phenoxy) is 1. The van der Waals surface area contributed by atoms with Crippen molar-refractivity contribution in [2.75, 3.05) is 13.7 Å². The van der Waals surface area contributed by atoms with Gasteiger partial charge in [0, 0.05) is 7.11 Å². The molecule has 0 bridgehead atoms. The first-order chi connectivity index (χ1) is 8.24. The summed E-state index contributed by atoms with van der Waals surface area (Å²) in [5.41, 5.74) is -0.187. The number of methoxy groups -OCH3 is 1. The van der Waals surface area contributed by atoms with Crippen LogP contribution in [0, 0.1) is 0 Å². The van der Waals surface area contributed by atoms with E-state index in [0.29, 0.717) is 0 Å². The van der Waals surface area contributed by atoms with Gasteiger partial charge in [-0.3, -0.25) is 0 Å². The molecule has 1 heterocycles. The third-order valence-corrected chi connectivity index (χ3v) is 3.56. The predicted octanol–water partition coefficient (Wildman–Crippen LogP) is 3.53. The fourth-order valence-electron chi connectivity index (χ4n) is 2.35. The minimum atomic E-state index is -0.187. The molecule has 3 nitrogen and oxygen atoms in total. The van der Waals surface area contributed by atoms with Crippen molar-refractivity contribution >= 4 is 0 Å². The van der Waals surface area contributed by atoms with Crippen molar-refractivity contribution in [1.29, 1.82) is 0 Å². The van der Waals surface area contributed by atoms with Gasteiger partial charge in [0.25, 0.3) is 0 Å². The summed E-state index contributed by atoms with van der Waals surface area (Å²) in [5.74, 6) is 0.962. The molecule has 17 heavy (non-hydrogen) atoms. The summed E-state index contributed by atoms with van der Waals surface area (Å²) in [7, 11) is 1.79. The van der Waals surface area contributed by atoms with Crippen molar-refractivity contribution in [3.63, 3.8) is 0 Å². The summed E-state index contributed by atoms with van der Waals surface area (Å²) in [5, 5.41) is 3.55. The second kappa shape index (κ2) is 6.82. The van der Waals surface area contributed by atoms with Crippen LogP contribution >= 0.6 is 0 Å². The smallest absolute Gasteiger partial charge is 0.123 e. The van der Waals surface area contributed by atoms with Crippen LogP contribution in [-0.4, -0.2) is 19.3 Å². The molecule has 1 aromatic rings. The van der Waals surface area contributed by atoms with Gasteiger partial charge in [-0.2, -0.15) is 0 Å². The normalized spacial score (nSPS) is 13.9. The molecule has 1 rings (SSSR count). The molecule has 0 spiro atoms. The van der Waals surface area contributed by atoms with Crippen LogP contribution in [0.5, 0.6) is 0 Å². The van der Waals surface area contributed by atoms with Crippen molar-refractivity contribution in [2.45, 2.75) is 51.7 Å². The Labute approximate surface area is 105 Å². The molecule has 1 atom stereocenters.